The predicted octanol–water partition coefficient (Wildman–Crippen LogP) is 0.298. The van der Waals surface area contributed by atoms with Crippen molar-refractivity contribution in [2.45, 2.75) is 11.1 Å². The largest absolute Gasteiger partial charge is 0.476 e. The molecule has 0 unspecified atom stereocenters. The number of fused-ring (bicyclic) bond motifs is 2. The first-order valence-electron chi connectivity index (χ1n) is 10.6. The van der Waals surface area contributed by atoms with E-state index in [0.29, 0.717) is 60.4 Å². The maximum atomic E-state index is 12.3. The van der Waals surface area contributed by atoms with Crippen LogP contribution in [0.2, 0.25) is 0 Å². The Morgan fingerprint density at radius 3 is 3.06 bits per heavy atom. The summed E-state index contributed by atoms with van der Waals surface area (Å²) >= 11 is 1.30. The summed E-state index contributed by atoms with van der Waals surface area (Å²) in [5.41, 5.74) is 0.782. The molecular weight excluding hydrogens is 464 g/mol. The molecule has 3 aliphatic rings. The number of nitrogens with zero attached hydrogens (tertiary/aromatic N) is 5. The first-order valence-corrected chi connectivity index (χ1v) is 11.6. The van der Waals surface area contributed by atoms with E-state index in [-0.39, 0.29) is 24.5 Å². The lowest BCUT2D eigenvalue weighted by molar-refractivity contribution is -0.117. The summed E-state index contributed by atoms with van der Waals surface area (Å²) in [6, 6.07) is 3.57. The van der Waals surface area contributed by atoms with Gasteiger partial charge in [0.15, 0.2) is 17.5 Å². The second-order valence-electron chi connectivity index (χ2n) is 7.71. The minimum Gasteiger partial charge on any atom is -0.476 e. The Kier molecular flexibility index (Phi) is 6.06. The lowest BCUT2D eigenvalue weighted by atomic mass is 10.3. The summed E-state index contributed by atoms with van der Waals surface area (Å²) in [6.45, 7) is 1.82. The number of rotatable bonds is 7. The molecule has 2 aromatic heterocycles. The van der Waals surface area contributed by atoms with Gasteiger partial charge in [-0.1, -0.05) is 11.8 Å². The standard InChI is InChI=1S/C20H22N8O5S/c1-27-16(30)8-22-12-2-3-15(26-18(12)27)32-5-4-21-6-11-9-28(20(31)33-11)13-7-23-19-17(24-13)25-14(29)10-34-19/h2-3,7,11,21-22H,4-6,8-10H2,1H3,(H,24,25,29)/t11-/m1/s1. The van der Waals surface area contributed by atoms with E-state index < -0.39 is 6.09 Å². The summed E-state index contributed by atoms with van der Waals surface area (Å²) < 4.78 is 11.1. The molecule has 0 radical (unpaired) electrons. The number of amides is 3. The van der Waals surface area contributed by atoms with Crippen molar-refractivity contribution in [1.82, 2.24) is 20.3 Å². The zero-order chi connectivity index (χ0) is 23.7. The summed E-state index contributed by atoms with van der Waals surface area (Å²) in [5.74, 6) is 1.70. The fourth-order valence-electron chi connectivity index (χ4n) is 3.61. The summed E-state index contributed by atoms with van der Waals surface area (Å²) in [7, 11) is 1.68. The van der Waals surface area contributed by atoms with Crippen molar-refractivity contribution in [3.05, 3.63) is 18.3 Å². The van der Waals surface area contributed by atoms with Crippen LogP contribution >= 0.6 is 11.8 Å². The molecular formula is C20H22N8O5S. The average molecular weight is 487 g/mol. The number of hydrogen-bond acceptors (Lipinski definition) is 11. The number of nitrogens with one attached hydrogen (secondary N) is 3. The van der Waals surface area contributed by atoms with Gasteiger partial charge >= 0.3 is 6.09 Å². The van der Waals surface area contributed by atoms with E-state index in [4.69, 9.17) is 9.47 Å². The van der Waals surface area contributed by atoms with Crippen LogP contribution in [0.15, 0.2) is 23.4 Å². The van der Waals surface area contributed by atoms with Gasteiger partial charge in [0.05, 0.1) is 30.7 Å². The zero-order valence-electron chi connectivity index (χ0n) is 18.2. The van der Waals surface area contributed by atoms with Crippen LogP contribution in [0.4, 0.5) is 27.9 Å². The Morgan fingerprint density at radius 1 is 1.29 bits per heavy atom. The molecule has 3 N–H and O–H groups in total. The lowest BCUT2D eigenvalue weighted by Crippen LogP contribution is -2.37. The van der Waals surface area contributed by atoms with Crippen molar-refractivity contribution in [1.29, 1.82) is 0 Å². The quantitative estimate of drug-likeness (QED) is 0.464. The SMILES string of the molecule is CN1C(=O)CNc2ccc(OCCNC[C@@H]3CN(c4cnc5c(n4)NC(=O)CS5)C(=O)O3)nc21. The number of ether oxygens (including phenoxy) is 2. The van der Waals surface area contributed by atoms with Gasteiger partial charge in [-0.05, 0) is 6.07 Å². The fourth-order valence-corrected chi connectivity index (χ4v) is 4.31. The molecule has 3 aliphatic heterocycles. The number of pyridine rings is 1. The van der Waals surface area contributed by atoms with E-state index in [1.807, 2.05) is 6.07 Å². The Labute approximate surface area is 198 Å². The van der Waals surface area contributed by atoms with Crippen molar-refractivity contribution in [2.75, 3.05) is 66.0 Å². The molecule has 1 fully saturated rings. The van der Waals surface area contributed by atoms with Crippen LogP contribution in [0, 0.1) is 0 Å². The predicted molar refractivity (Wildman–Crippen MR) is 124 cm³/mol. The Balaban J connectivity index is 1.09. The minimum atomic E-state index is -0.516. The molecule has 2 aromatic rings. The van der Waals surface area contributed by atoms with Gasteiger partial charge in [-0.2, -0.15) is 4.98 Å². The number of anilines is 4. The Bertz CT molecular complexity index is 1150. The molecule has 14 heteroatoms. The molecule has 0 aliphatic carbocycles. The third-order valence-electron chi connectivity index (χ3n) is 5.35. The number of aromatic nitrogens is 3. The zero-order valence-corrected chi connectivity index (χ0v) is 19.1. The molecule has 5 rings (SSSR count). The van der Waals surface area contributed by atoms with Crippen molar-refractivity contribution < 1.29 is 23.9 Å². The van der Waals surface area contributed by atoms with Crippen LogP contribution in [-0.2, 0) is 14.3 Å². The number of thioether (sulfide) groups is 1. The second-order valence-corrected chi connectivity index (χ2v) is 8.68. The van der Waals surface area contributed by atoms with Crippen molar-refractivity contribution >= 4 is 52.8 Å². The molecule has 13 nitrogen and oxygen atoms in total. The van der Waals surface area contributed by atoms with Crippen LogP contribution in [0.1, 0.15) is 0 Å². The van der Waals surface area contributed by atoms with Gasteiger partial charge in [0, 0.05) is 26.2 Å². The maximum absolute atomic E-state index is 12.3. The fraction of sp³-hybridized carbons (Fsp3) is 0.400. The van der Waals surface area contributed by atoms with E-state index in [9.17, 15) is 14.4 Å². The first kappa shape index (κ1) is 22.2. The number of carbonyl (C=O) groups is 3. The van der Waals surface area contributed by atoms with Crippen molar-refractivity contribution in [2.24, 2.45) is 0 Å². The topological polar surface area (TPSA) is 151 Å². The highest BCUT2D eigenvalue weighted by molar-refractivity contribution is 8.00. The van der Waals surface area contributed by atoms with Gasteiger partial charge in [0.1, 0.15) is 17.7 Å². The van der Waals surface area contributed by atoms with E-state index in [2.05, 4.69) is 30.9 Å². The number of cyclic esters (lactones) is 1. The summed E-state index contributed by atoms with van der Waals surface area (Å²) in [4.78, 5) is 51.6. The van der Waals surface area contributed by atoms with E-state index in [1.165, 1.54) is 27.8 Å². The van der Waals surface area contributed by atoms with Gasteiger partial charge in [0.2, 0.25) is 17.7 Å². The van der Waals surface area contributed by atoms with Gasteiger partial charge < -0.3 is 25.4 Å². The first-order chi connectivity index (χ1) is 16.5. The highest BCUT2D eigenvalue weighted by Crippen LogP contribution is 2.30. The normalized spacial score (nSPS) is 19.2. The molecule has 1 atom stereocenters. The molecule has 0 bridgehead atoms. The molecule has 34 heavy (non-hydrogen) atoms. The molecule has 0 aromatic carbocycles. The third kappa shape index (κ3) is 4.54. The highest BCUT2D eigenvalue weighted by Gasteiger charge is 2.34. The average Bonchev–Trinajstić information content (AvgIpc) is 3.21. The molecule has 5 heterocycles. The maximum Gasteiger partial charge on any atom is 0.416 e. The Morgan fingerprint density at radius 2 is 2.18 bits per heavy atom. The van der Waals surface area contributed by atoms with Crippen LogP contribution < -0.4 is 30.5 Å². The van der Waals surface area contributed by atoms with Gasteiger partial charge in [-0.3, -0.25) is 19.4 Å². The lowest BCUT2D eigenvalue weighted by Gasteiger charge is -2.25. The molecule has 0 saturated carbocycles. The van der Waals surface area contributed by atoms with Crippen LogP contribution in [0.3, 0.4) is 0 Å². The molecule has 0 spiro atoms. The molecule has 3 amide bonds. The van der Waals surface area contributed by atoms with E-state index >= 15 is 0 Å². The second kappa shape index (κ2) is 9.30. The number of likely N-dealkylation sites (N-methyl/N-ethyl adjacent to an activating group) is 1. The van der Waals surface area contributed by atoms with Crippen LogP contribution in [0.5, 0.6) is 5.88 Å². The van der Waals surface area contributed by atoms with Crippen molar-refractivity contribution in [3.63, 3.8) is 0 Å². The minimum absolute atomic E-state index is 0.0658. The summed E-state index contributed by atoms with van der Waals surface area (Å²) in [5, 5.41) is 9.50. The van der Waals surface area contributed by atoms with Gasteiger partial charge in [-0.15, -0.1) is 0 Å². The molecule has 1 saturated heterocycles. The summed E-state index contributed by atoms with van der Waals surface area (Å²) in [6.07, 6.45) is 0.611. The van der Waals surface area contributed by atoms with E-state index in [0.717, 1.165) is 5.69 Å². The highest BCUT2D eigenvalue weighted by atomic mass is 32.2. The smallest absolute Gasteiger partial charge is 0.416 e. The van der Waals surface area contributed by atoms with Gasteiger partial charge in [0.25, 0.3) is 0 Å². The van der Waals surface area contributed by atoms with Crippen LogP contribution in [0.25, 0.3) is 0 Å². The van der Waals surface area contributed by atoms with Crippen molar-refractivity contribution in [3.8, 4) is 5.88 Å². The Hall–Kier alpha value is -3.65. The van der Waals surface area contributed by atoms with Crippen LogP contribution in [-0.4, -0.2) is 84.5 Å². The number of hydrogen-bond donors (Lipinski definition) is 3. The monoisotopic (exact) mass is 486 g/mol. The van der Waals surface area contributed by atoms with E-state index in [1.54, 1.807) is 13.1 Å². The van der Waals surface area contributed by atoms with Gasteiger partial charge in [-0.25, -0.2) is 14.8 Å². The number of carbonyl (C=O) groups excluding carboxylic acids is 3. The third-order valence-corrected chi connectivity index (χ3v) is 6.33. The molecule has 178 valence electrons.